The zero-order valence-corrected chi connectivity index (χ0v) is 24.3. The molecule has 1 N–H and O–H groups in total. The van der Waals surface area contributed by atoms with Crippen LogP contribution in [-0.2, 0) is 32.7 Å². The molecule has 0 aliphatic rings. The van der Waals surface area contributed by atoms with E-state index in [0.29, 0.717) is 17.4 Å². The van der Waals surface area contributed by atoms with Gasteiger partial charge in [0.15, 0.2) is 6.10 Å². The predicted molar refractivity (Wildman–Crippen MR) is 146 cm³/mol. The van der Waals surface area contributed by atoms with Gasteiger partial charge in [0.25, 0.3) is 0 Å². The van der Waals surface area contributed by atoms with Crippen molar-refractivity contribution in [1.82, 2.24) is 0 Å². The molecule has 0 spiro atoms. The lowest BCUT2D eigenvalue weighted by molar-refractivity contribution is -0.870. The standard InChI is InChI=1S/C27H48NO8P/c1-6-8-9-10-11-12-13-14-15-16-17-18-19-20-27(30)36-25(23-33-26(29)7-2)24-35-37(31,32)34-22-21-28(3,4)5/h8-9,11-12,14-15,25H,6-7,10,13,16-24H2,1-5H3/p+1/b9-8-,12-11-,15-14-. The molecule has 0 radical (unpaired) electrons. The molecular formula is C27H49NO8P+. The van der Waals surface area contributed by atoms with Crippen molar-refractivity contribution < 1.29 is 42.1 Å². The molecule has 0 aliphatic heterocycles. The molecular weight excluding hydrogens is 497 g/mol. The highest BCUT2D eigenvalue weighted by Gasteiger charge is 2.26. The van der Waals surface area contributed by atoms with E-state index in [2.05, 4.69) is 43.4 Å². The number of hydrogen-bond acceptors (Lipinski definition) is 7. The lowest BCUT2D eigenvalue weighted by atomic mass is 10.1. The van der Waals surface area contributed by atoms with Crippen LogP contribution in [-0.4, -0.2) is 74.9 Å². The van der Waals surface area contributed by atoms with Gasteiger partial charge in [-0.3, -0.25) is 18.6 Å². The number of likely N-dealkylation sites (N-methyl/N-ethyl adjacent to an activating group) is 1. The van der Waals surface area contributed by atoms with E-state index in [-0.39, 0.29) is 26.1 Å². The number of phosphoric ester groups is 1. The quantitative estimate of drug-likeness (QED) is 0.0623. The molecule has 9 nitrogen and oxygen atoms in total. The van der Waals surface area contributed by atoms with E-state index in [9.17, 15) is 19.0 Å². The van der Waals surface area contributed by atoms with Crippen molar-refractivity contribution >= 4 is 19.8 Å². The number of ether oxygens (including phenoxy) is 2. The van der Waals surface area contributed by atoms with E-state index in [0.717, 1.165) is 38.5 Å². The highest BCUT2D eigenvalue weighted by Crippen LogP contribution is 2.43. The lowest BCUT2D eigenvalue weighted by Gasteiger charge is -2.24. The molecule has 0 fully saturated rings. The fraction of sp³-hybridized carbons (Fsp3) is 0.704. The SMILES string of the molecule is CC/C=C\C/C=C\C/C=C\CCCCCC(=O)OC(COC(=O)CC)COP(=O)(O)OCC[N+](C)(C)C. The second kappa shape index (κ2) is 21.2. The highest BCUT2D eigenvalue weighted by molar-refractivity contribution is 7.47. The number of unbranched alkanes of at least 4 members (excludes halogenated alkanes) is 3. The molecule has 0 aliphatic carbocycles. The topological polar surface area (TPSA) is 108 Å². The maximum Gasteiger partial charge on any atom is 0.472 e. The summed E-state index contributed by atoms with van der Waals surface area (Å²) < 4.78 is 33.0. The molecule has 0 aromatic rings. The van der Waals surface area contributed by atoms with Crippen LogP contribution in [0.1, 0.15) is 71.6 Å². The minimum absolute atomic E-state index is 0.0229. The van der Waals surface area contributed by atoms with Gasteiger partial charge in [-0.2, -0.15) is 0 Å². The van der Waals surface area contributed by atoms with Gasteiger partial charge >= 0.3 is 19.8 Å². The Balaban J connectivity index is 4.34. The van der Waals surface area contributed by atoms with Crippen molar-refractivity contribution in [2.24, 2.45) is 0 Å². The lowest BCUT2D eigenvalue weighted by Crippen LogP contribution is -2.37. The highest BCUT2D eigenvalue weighted by atomic mass is 31.2. The van der Waals surface area contributed by atoms with Crippen LogP contribution in [0.25, 0.3) is 0 Å². The van der Waals surface area contributed by atoms with E-state index in [1.807, 2.05) is 21.1 Å². The first-order valence-electron chi connectivity index (χ1n) is 13.2. The zero-order valence-electron chi connectivity index (χ0n) is 23.4. The molecule has 2 unspecified atom stereocenters. The average molecular weight is 547 g/mol. The van der Waals surface area contributed by atoms with Crippen LogP contribution in [0.3, 0.4) is 0 Å². The van der Waals surface area contributed by atoms with Crippen molar-refractivity contribution in [3.8, 4) is 0 Å². The summed E-state index contributed by atoms with van der Waals surface area (Å²) in [5.41, 5.74) is 0. The summed E-state index contributed by atoms with van der Waals surface area (Å²) in [5.74, 6) is -0.943. The third-order valence-electron chi connectivity index (χ3n) is 4.99. The molecule has 0 amide bonds. The van der Waals surface area contributed by atoms with Crippen LogP contribution in [0.4, 0.5) is 0 Å². The summed E-state index contributed by atoms with van der Waals surface area (Å²) >= 11 is 0. The molecule has 0 heterocycles. The second-order valence-electron chi connectivity index (χ2n) is 9.65. The largest absolute Gasteiger partial charge is 0.472 e. The summed E-state index contributed by atoms with van der Waals surface area (Å²) in [4.78, 5) is 33.7. The van der Waals surface area contributed by atoms with Crippen LogP contribution in [0.5, 0.6) is 0 Å². The van der Waals surface area contributed by atoms with Crippen LogP contribution < -0.4 is 0 Å². The second-order valence-corrected chi connectivity index (χ2v) is 11.1. The Morgan fingerprint density at radius 2 is 1.51 bits per heavy atom. The summed E-state index contributed by atoms with van der Waals surface area (Å²) in [6.45, 7) is 3.61. The maximum atomic E-state index is 12.3. The van der Waals surface area contributed by atoms with Gasteiger partial charge in [0.2, 0.25) is 0 Å². The smallest absolute Gasteiger partial charge is 0.462 e. The molecule has 37 heavy (non-hydrogen) atoms. The summed E-state index contributed by atoms with van der Waals surface area (Å²) in [5, 5.41) is 0. The first-order chi connectivity index (χ1) is 17.5. The molecule has 10 heteroatoms. The average Bonchev–Trinajstić information content (AvgIpc) is 2.82. The normalized spacial score (nSPS) is 14.9. The fourth-order valence-corrected chi connectivity index (χ4v) is 3.57. The van der Waals surface area contributed by atoms with Crippen LogP contribution in [0, 0.1) is 0 Å². The van der Waals surface area contributed by atoms with Gasteiger partial charge in [0.1, 0.15) is 19.8 Å². The molecule has 2 atom stereocenters. The minimum atomic E-state index is -4.34. The third kappa shape index (κ3) is 24.3. The molecule has 0 saturated carbocycles. The van der Waals surface area contributed by atoms with Gasteiger partial charge in [-0.25, -0.2) is 4.57 Å². The Morgan fingerprint density at radius 1 is 0.865 bits per heavy atom. The van der Waals surface area contributed by atoms with E-state index >= 15 is 0 Å². The summed E-state index contributed by atoms with van der Waals surface area (Å²) in [6, 6.07) is 0. The van der Waals surface area contributed by atoms with Gasteiger partial charge < -0.3 is 18.9 Å². The fourth-order valence-electron chi connectivity index (χ4n) is 2.83. The number of hydrogen-bond donors (Lipinski definition) is 1. The van der Waals surface area contributed by atoms with E-state index in [1.165, 1.54) is 0 Å². The first-order valence-corrected chi connectivity index (χ1v) is 14.7. The number of carbonyl (C=O) groups excluding carboxylic acids is 2. The van der Waals surface area contributed by atoms with E-state index in [1.54, 1.807) is 6.92 Å². The molecule has 0 saturated heterocycles. The third-order valence-corrected chi connectivity index (χ3v) is 5.97. The maximum absolute atomic E-state index is 12.3. The van der Waals surface area contributed by atoms with Crippen LogP contribution in [0.15, 0.2) is 36.5 Å². The number of phosphoric acid groups is 1. The van der Waals surface area contributed by atoms with Gasteiger partial charge in [-0.05, 0) is 38.5 Å². The van der Waals surface area contributed by atoms with Crippen LogP contribution >= 0.6 is 7.82 Å². The first kappa shape index (κ1) is 35.2. The number of allylic oxidation sites excluding steroid dienone is 6. The van der Waals surface area contributed by atoms with Crippen molar-refractivity contribution in [2.75, 3.05) is 47.5 Å². The van der Waals surface area contributed by atoms with Crippen molar-refractivity contribution in [3.05, 3.63) is 36.5 Å². The Bertz CT molecular complexity index is 758. The van der Waals surface area contributed by atoms with Gasteiger partial charge in [0, 0.05) is 12.8 Å². The van der Waals surface area contributed by atoms with Gasteiger partial charge in [-0.15, -0.1) is 0 Å². The molecule has 0 bridgehead atoms. The molecule has 214 valence electrons. The Hall–Kier alpha value is -1.77. The number of quaternary nitrogens is 1. The number of rotatable bonds is 22. The summed E-state index contributed by atoms with van der Waals surface area (Å²) in [7, 11) is 1.44. The number of nitrogens with zero attached hydrogens (tertiary/aromatic N) is 1. The van der Waals surface area contributed by atoms with E-state index < -0.39 is 32.5 Å². The Morgan fingerprint density at radius 3 is 2.14 bits per heavy atom. The monoisotopic (exact) mass is 546 g/mol. The van der Waals surface area contributed by atoms with Gasteiger partial charge in [0.05, 0.1) is 27.7 Å². The minimum Gasteiger partial charge on any atom is -0.462 e. The molecule has 0 rings (SSSR count). The van der Waals surface area contributed by atoms with Crippen molar-refractivity contribution in [3.63, 3.8) is 0 Å². The Labute approximate surface area is 223 Å². The van der Waals surface area contributed by atoms with E-state index in [4.69, 9.17) is 18.5 Å². The van der Waals surface area contributed by atoms with Crippen molar-refractivity contribution in [2.45, 2.75) is 77.7 Å². The molecule has 0 aromatic carbocycles. The summed E-state index contributed by atoms with van der Waals surface area (Å²) in [6.07, 6.45) is 18.7. The number of esters is 2. The van der Waals surface area contributed by atoms with Crippen molar-refractivity contribution in [1.29, 1.82) is 0 Å². The zero-order chi connectivity index (χ0) is 28.0. The predicted octanol–water partition coefficient (Wildman–Crippen LogP) is 5.50. The van der Waals surface area contributed by atoms with Gasteiger partial charge in [-0.1, -0.05) is 56.7 Å². The Kier molecular flexibility index (Phi) is 20.2. The molecule has 0 aromatic heterocycles. The number of carbonyl (C=O) groups is 2. The van der Waals surface area contributed by atoms with Crippen LogP contribution in [0.2, 0.25) is 0 Å².